The molecule has 26 heavy (non-hydrogen) atoms. The molecule has 6 heteroatoms. The Morgan fingerprint density at radius 1 is 1.00 bits per heavy atom. The van der Waals surface area contributed by atoms with E-state index in [-0.39, 0.29) is 17.9 Å². The van der Waals surface area contributed by atoms with E-state index in [0.717, 1.165) is 12.1 Å². The second-order valence-electron chi connectivity index (χ2n) is 6.35. The molecule has 0 aliphatic carbocycles. The average Bonchev–Trinajstić information content (AvgIpc) is 2.65. The third-order valence-corrected chi connectivity index (χ3v) is 3.75. The summed E-state index contributed by atoms with van der Waals surface area (Å²) in [7, 11) is 0. The predicted molar refractivity (Wildman–Crippen MR) is 104 cm³/mol. The molecule has 0 aliphatic heterocycles. The lowest BCUT2D eigenvalue weighted by Crippen LogP contribution is -2.30. The van der Waals surface area contributed by atoms with Crippen molar-refractivity contribution in [2.24, 2.45) is 5.84 Å². The molecule has 2 amide bonds. The first-order valence-electron chi connectivity index (χ1n) is 8.76. The first-order chi connectivity index (χ1) is 12.4. The van der Waals surface area contributed by atoms with Crippen LogP contribution < -0.4 is 21.5 Å². The lowest BCUT2D eigenvalue weighted by atomic mass is 10.1. The molecule has 138 valence electrons. The minimum atomic E-state index is -0.141. The Balaban J connectivity index is 2.14. The highest BCUT2D eigenvalue weighted by Crippen LogP contribution is 2.23. The van der Waals surface area contributed by atoms with Crippen LogP contribution in [0.2, 0.25) is 0 Å². The third kappa shape index (κ3) is 5.07. The molecular formula is C20H26N4O2. The lowest BCUT2D eigenvalue weighted by molar-refractivity contribution is 0.0938. The SMILES string of the molecule is CCCNC(=O)c1ccc(N(N)c2cccc(C(=O)NC(C)C)c2)cc1. The normalized spacial score (nSPS) is 10.5. The van der Waals surface area contributed by atoms with E-state index >= 15 is 0 Å². The van der Waals surface area contributed by atoms with Gasteiger partial charge in [-0.1, -0.05) is 13.0 Å². The maximum atomic E-state index is 12.2. The van der Waals surface area contributed by atoms with Gasteiger partial charge in [0.25, 0.3) is 11.8 Å². The van der Waals surface area contributed by atoms with Crippen molar-refractivity contribution in [2.75, 3.05) is 11.6 Å². The predicted octanol–water partition coefficient (Wildman–Crippen LogP) is 2.98. The Bertz CT molecular complexity index is 757. The summed E-state index contributed by atoms with van der Waals surface area (Å²) in [5.74, 6) is 5.95. The van der Waals surface area contributed by atoms with E-state index in [1.165, 1.54) is 5.01 Å². The zero-order valence-corrected chi connectivity index (χ0v) is 15.5. The summed E-state index contributed by atoms with van der Waals surface area (Å²) in [5.41, 5.74) is 2.53. The number of hydrogen-bond donors (Lipinski definition) is 3. The van der Waals surface area contributed by atoms with E-state index < -0.39 is 0 Å². The van der Waals surface area contributed by atoms with Crippen LogP contribution in [0.5, 0.6) is 0 Å². The zero-order chi connectivity index (χ0) is 19.1. The van der Waals surface area contributed by atoms with Crippen molar-refractivity contribution in [3.63, 3.8) is 0 Å². The van der Waals surface area contributed by atoms with Crippen molar-refractivity contribution in [1.29, 1.82) is 0 Å². The zero-order valence-electron chi connectivity index (χ0n) is 15.5. The first-order valence-corrected chi connectivity index (χ1v) is 8.76. The molecule has 2 aromatic carbocycles. The molecule has 0 bridgehead atoms. The van der Waals surface area contributed by atoms with Gasteiger partial charge in [-0.05, 0) is 62.7 Å². The Hall–Kier alpha value is -2.86. The van der Waals surface area contributed by atoms with Gasteiger partial charge in [0.2, 0.25) is 0 Å². The molecule has 2 aromatic rings. The molecular weight excluding hydrogens is 328 g/mol. The number of nitrogens with zero attached hydrogens (tertiary/aromatic N) is 1. The van der Waals surface area contributed by atoms with Gasteiger partial charge in [0.1, 0.15) is 0 Å². The molecule has 0 spiro atoms. The highest BCUT2D eigenvalue weighted by molar-refractivity contribution is 5.96. The van der Waals surface area contributed by atoms with Crippen LogP contribution in [0.1, 0.15) is 47.9 Å². The molecule has 6 nitrogen and oxygen atoms in total. The van der Waals surface area contributed by atoms with Gasteiger partial charge in [-0.3, -0.25) is 14.6 Å². The van der Waals surface area contributed by atoms with Crippen LogP contribution in [0.4, 0.5) is 11.4 Å². The number of carbonyl (C=O) groups is 2. The van der Waals surface area contributed by atoms with E-state index in [1.807, 2.05) is 26.8 Å². The number of hydrazine groups is 1. The molecule has 0 aliphatic rings. The summed E-state index contributed by atoms with van der Waals surface area (Å²) in [5, 5.41) is 7.18. The molecule has 0 unspecified atom stereocenters. The highest BCUT2D eigenvalue weighted by atomic mass is 16.2. The van der Waals surface area contributed by atoms with Crippen LogP contribution in [0.25, 0.3) is 0 Å². The number of nitrogens with one attached hydrogen (secondary N) is 2. The van der Waals surface area contributed by atoms with Gasteiger partial charge in [-0.2, -0.15) is 0 Å². The maximum absolute atomic E-state index is 12.2. The van der Waals surface area contributed by atoms with Crippen molar-refractivity contribution >= 4 is 23.2 Å². The monoisotopic (exact) mass is 354 g/mol. The molecule has 0 fully saturated rings. The van der Waals surface area contributed by atoms with Gasteiger partial charge in [0.15, 0.2) is 0 Å². The molecule has 0 heterocycles. The second kappa shape index (κ2) is 9.01. The fourth-order valence-corrected chi connectivity index (χ4v) is 2.41. The summed E-state index contributed by atoms with van der Waals surface area (Å²) in [4.78, 5) is 24.1. The first kappa shape index (κ1) is 19.5. The molecule has 0 aromatic heterocycles. The van der Waals surface area contributed by atoms with Crippen LogP contribution in [0.15, 0.2) is 48.5 Å². The number of benzene rings is 2. The number of rotatable bonds is 7. The summed E-state index contributed by atoms with van der Waals surface area (Å²) in [6.45, 7) is 6.48. The van der Waals surface area contributed by atoms with Gasteiger partial charge in [-0.25, -0.2) is 5.84 Å². The van der Waals surface area contributed by atoms with Crippen LogP contribution in [0.3, 0.4) is 0 Å². The summed E-state index contributed by atoms with van der Waals surface area (Å²) in [6, 6.07) is 14.2. The van der Waals surface area contributed by atoms with Crippen molar-refractivity contribution < 1.29 is 9.59 Å². The van der Waals surface area contributed by atoms with E-state index in [2.05, 4.69) is 10.6 Å². The Kier molecular flexibility index (Phi) is 6.74. The van der Waals surface area contributed by atoms with Crippen LogP contribution in [0, 0.1) is 0 Å². The van der Waals surface area contributed by atoms with Gasteiger partial charge < -0.3 is 10.6 Å². The van der Waals surface area contributed by atoms with Crippen LogP contribution in [-0.2, 0) is 0 Å². The standard InChI is InChI=1S/C20H26N4O2/c1-4-12-22-19(25)15-8-10-17(11-9-15)24(21)18-7-5-6-16(13-18)20(26)23-14(2)3/h5-11,13-14H,4,12,21H2,1-3H3,(H,22,25)(H,23,26). The molecule has 2 rings (SSSR count). The van der Waals surface area contributed by atoms with E-state index in [4.69, 9.17) is 5.84 Å². The van der Waals surface area contributed by atoms with Gasteiger partial charge >= 0.3 is 0 Å². The van der Waals surface area contributed by atoms with Gasteiger partial charge in [-0.15, -0.1) is 0 Å². The number of nitrogens with two attached hydrogens (primary N) is 1. The van der Waals surface area contributed by atoms with Crippen molar-refractivity contribution in [2.45, 2.75) is 33.2 Å². The van der Waals surface area contributed by atoms with E-state index in [9.17, 15) is 9.59 Å². The summed E-state index contributed by atoms with van der Waals surface area (Å²) < 4.78 is 0. The van der Waals surface area contributed by atoms with Crippen molar-refractivity contribution in [3.05, 3.63) is 59.7 Å². The molecule has 0 atom stereocenters. The topological polar surface area (TPSA) is 87.5 Å². The van der Waals surface area contributed by atoms with Crippen molar-refractivity contribution in [1.82, 2.24) is 10.6 Å². The highest BCUT2D eigenvalue weighted by Gasteiger charge is 2.11. The lowest BCUT2D eigenvalue weighted by Gasteiger charge is -2.20. The number of anilines is 2. The number of carbonyl (C=O) groups excluding carboxylic acids is 2. The van der Waals surface area contributed by atoms with Gasteiger partial charge in [0.05, 0.1) is 11.4 Å². The number of hydrogen-bond acceptors (Lipinski definition) is 4. The molecule has 0 saturated heterocycles. The quantitative estimate of drug-likeness (QED) is 0.527. The Morgan fingerprint density at radius 3 is 2.31 bits per heavy atom. The van der Waals surface area contributed by atoms with E-state index in [1.54, 1.807) is 42.5 Å². The van der Waals surface area contributed by atoms with Gasteiger partial charge in [0, 0.05) is 23.7 Å². The van der Waals surface area contributed by atoms with Crippen LogP contribution in [-0.4, -0.2) is 24.4 Å². The largest absolute Gasteiger partial charge is 0.352 e. The molecule has 0 radical (unpaired) electrons. The summed E-state index contributed by atoms with van der Waals surface area (Å²) in [6.07, 6.45) is 0.890. The van der Waals surface area contributed by atoms with E-state index in [0.29, 0.717) is 23.4 Å². The van der Waals surface area contributed by atoms with Crippen LogP contribution >= 0.6 is 0 Å². The second-order valence-corrected chi connectivity index (χ2v) is 6.35. The van der Waals surface area contributed by atoms with Crippen molar-refractivity contribution in [3.8, 4) is 0 Å². The summed E-state index contributed by atoms with van der Waals surface area (Å²) >= 11 is 0. The fraction of sp³-hybridized carbons (Fsp3) is 0.300. The average molecular weight is 354 g/mol. The third-order valence-electron chi connectivity index (χ3n) is 3.75. The fourth-order valence-electron chi connectivity index (χ4n) is 2.41. The Morgan fingerprint density at radius 2 is 1.69 bits per heavy atom. The maximum Gasteiger partial charge on any atom is 0.251 e. The Labute approximate surface area is 154 Å². The minimum Gasteiger partial charge on any atom is -0.352 e. The minimum absolute atomic E-state index is 0.0616. The molecule has 4 N–H and O–H groups in total. The molecule has 0 saturated carbocycles. The smallest absolute Gasteiger partial charge is 0.251 e. The number of amides is 2.